The SMILES string of the molecule is C=CC(=O)N1CCN(c2nc(OCC3(CN(C)C(=O)OC(C)(C)C)CC3)nc3c2CCN(c2cccc4cccc(Cl)c24)C3)CC1CC#N. The van der Waals surface area contributed by atoms with Crippen molar-refractivity contribution in [2.75, 3.05) is 56.2 Å². The van der Waals surface area contributed by atoms with Gasteiger partial charge in [-0.3, -0.25) is 4.79 Å². The Morgan fingerprint density at radius 3 is 2.59 bits per heavy atom. The largest absolute Gasteiger partial charge is 0.463 e. The lowest BCUT2D eigenvalue weighted by atomic mass is 10.0. The number of benzene rings is 2. The van der Waals surface area contributed by atoms with Crippen molar-refractivity contribution in [3.05, 3.63) is 65.3 Å². The molecule has 0 radical (unpaired) electrons. The maximum absolute atomic E-state index is 12.7. The van der Waals surface area contributed by atoms with Crippen LogP contribution in [0.1, 0.15) is 51.3 Å². The van der Waals surface area contributed by atoms with Gasteiger partial charge in [-0.05, 0) is 63.6 Å². The van der Waals surface area contributed by atoms with Crippen molar-refractivity contribution in [1.29, 1.82) is 5.26 Å². The van der Waals surface area contributed by atoms with E-state index in [9.17, 15) is 14.9 Å². The van der Waals surface area contributed by atoms with Crippen molar-refractivity contribution in [2.45, 2.75) is 64.6 Å². The third-order valence-electron chi connectivity index (χ3n) is 9.50. The molecule has 12 heteroatoms. The fourth-order valence-corrected chi connectivity index (χ4v) is 7.12. The second-order valence-corrected chi connectivity index (χ2v) is 14.8. The third-order valence-corrected chi connectivity index (χ3v) is 9.82. The van der Waals surface area contributed by atoms with Gasteiger partial charge in [-0.15, -0.1) is 0 Å². The monoisotopic (exact) mass is 685 g/mol. The van der Waals surface area contributed by atoms with Gasteiger partial charge >= 0.3 is 12.1 Å². The van der Waals surface area contributed by atoms with Crippen molar-refractivity contribution in [3.8, 4) is 12.1 Å². The lowest BCUT2D eigenvalue weighted by Gasteiger charge is -2.42. The zero-order chi connectivity index (χ0) is 34.9. The summed E-state index contributed by atoms with van der Waals surface area (Å²) in [6.07, 6.45) is 3.69. The maximum atomic E-state index is 12.7. The van der Waals surface area contributed by atoms with Crippen LogP contribution in [0, 0.1) is 16.7 Å². The molecule has 2 aliphatic heterocycles. The first kappa shape index (κ1) is 34.3. The smallest absolute Gasteiger partial charge is 0.410 e. The van der Waals surface area contributed by atoms with E-state index in [2.05, 4.69) is 40.6 Å². The summed E-state index contributed by atoms with van der Waals surface area (Å²) in [5, 5.41) is 12.4. The Morgan fingerprint density at radius 1 is 1.14 bits per heavy atom. The number of aromatic nitrogens is 2. The third kappa shape index (κ3) is 7.54. The van der Waals surface area contributed by atoms with Gasteiger partial charge in [-0.25, -0.2) is 4.79 Å². The van der Waals surface area contributed by atoms with E-state index in [4.69, 9.17) is 31.0 Å². The van der Waals surface area contributed by atoms with Crippen LogP contribution in [0.5, 0.6) is 6.01 Å². The first-order valence-electron chi connectivity index (χ1n) is 16.8. The van der Waals surface area contributed by atoms with Crippen LogP contribution in [0.25, 0.3) is 10.8 Å². The minimum Gasteiger partial charge on any atom is -0.463 e. The highest BCUT2D eigenvalue weighted by Crippen LogP contribution is 2.46. The van der Waals surface area contributed by atoms with E-state index in [0.29, 0.717) is 50.8 Å². The topological polar surface area (TPSA) is 115 Å². The van der Waals surface area contributed by atoms with Crippen LogP contribution in [0.3, 0.4) is 0 Å². The summed E-state index contributed by atoms with van der Waals surface area (Å²) < 4.78 is 12.0. The zero-order valence-electron chi connectivity index (χ0n) is 28.7. The Bertz CT molecular complexity index is 1790. The molecule has 0 spiro atoms. The van der Waals surface area contributed by atoms with Gasteiger partial charge in [-0.2, -0.15) is 15.2 Å². The summed E-state index contributed by atoms with van der Waals surface area (Å²) in [5.74, 6) is 0.601. The molecular formula is C37H44ClN7O4. The summed E-state index contributed by atoms with van der Waals surface area (Å²) in [4.78, 5) is 43.1. The van der Waals surface area contributed by atoms with Gasteiger partial charge < -0.3 is 29.1 Å². The van der Waals surface area contributed by atoms with Crippen LogP contribution in [0.4, 0.5) is 16.3 Å². The number of hydrogen-bond acceptors (Lipinski definition) is 9. The number of nitrogens with zero attached hydrogens (tertiary/aromatic N) is 7. The molecule has 1 saturated heterocycles. The van der Waals surface area contributed by atoms with Crippen molar-refractivity contribution in [3.63, 3.8) is 0 Å². The molecule has 1 aromatic heterocycles. The van der Waals surface area contributed by atoms with Crippen LogP contribution in [-0.4, -0.2) is 89.8 Å². The highest BCUT2D eigenvalue weighted by atomic mass is 35.5. The Labute approximate surface area is 293 Å². The Balaban J connectivity index is 1.29. The number of anilines is 2. The van der Waals surface area contributed by atoms with Crippen molar-refractivity contribution in [2.24, 2.45) is 5.41 Å². The van der Waals surface area contributed by atoms with Gasteiger partial charge in [0.2, 0.25) is 5.91 Å². The summed E-state index contributed by atoms with van der Waals surface area (Å²) in [6.45, 7) is 12.8. The maximum Gasteiger partial charge on any atom is 0.410 e. The molecule has 2 aromatic carbocycles. The van der Waals surface area contributed by atoms with Gasteiger partial charge in [0.15, 0.2) is 0 Å². The molecule has 1 unspecified atom stereocenters. The average Bonchev–Trinajstić information content (AvgIpc) is 3.84. The number of hydrogen-bond donors (Lipinski definition) is 0. The van der Waals surface area contributed by atoms with E-state index in [1.54, 1.807) is 16.8 Å². The lowest BCUT2D eigenvalue weighted by Crippen LogP contribution is -2.55. The highest BCUT2D eigenvalue weighted by molar-refractivity contribution is 6.36. The molecule has 258 valence electrons. The average molecular weight is 686 g/mol. The Hall–Kier alpha value is -4.56. The van der Waals surface area contributed by atoms with Gasteiger partial charge in [-0.1, -0.05) is 42.4 Å². The van der Waals surface area contributed by atoms with Crippen LogP contribution in [0.15, 0.2) is 49.1 Å². The summed E-state index contributed by atoms with van der Waals surface area (Å²) in [5.41, 5.74) is 2.18. The number of ether oxygens (including phenoxy) is 2. The predicted molar refractivity (Wildman–Crippen MR) is 190 cm³/mol. The normalized spacial score (nSPS) is 18.4. The Morgan fingerprint density at radius 2 is 1.90 bits per heavy atom. The number of nitriles is 1. The van der Waals surface area contributed by atoms with Gasteiger partial charge in [0.1, 0.15) is 11.4 Å². The minimum absolute atomic E-state index is 0.177. The number of halogens is 1. The van der Waals surface area contributed by atoms with E-state index in [1.807, 2.05) is 39.0 Å². The van der Waals surface area contributed by atoms with E-state index < -0.39 is 5.60 Å². The van der Waals surface area contributed by atoms with Gasteiger partial charge in [0, 0.05) is 61.8 Å². The van der Waals surface area contributed by atoms with E-state index in [0.717, 1.165) is 52.9 Å². The molecule has 3 heterocycles. The molecule has 49 heavy (non-hydrogen) atoms. The summed E-state index contributed by atoms with van der Waals surface area (Å²) in [7, 11) is 1.75. The molecule has 2 fully saturated rings. The number of fused-ring (bicyclic) bond motifs is 2. The number of carbonyl (C=O) groups excluding carboxylic acids is 2. The van der Waals surface area contributed by atoms with Crippen LogP contribution in [-0.2, 0) is 22.5 Å². The fourth-order valence-electron chi connectivity index (χ4n) is 6.85. The molecule has 1 aliphatic carbocycles. The number of rotatable bonds is 9. The van der Waals surface area contributed by atoms with E-state index in [-0.39, 0.29) is 35.9 Å². The fraction of sp³-hybridized carbons (Fsp3) is 0.486. The van der Waals surface area contributed by atoms with Crippen LogP contribution >= 0.6 is 11.6 Å². The van der Waals surface area contributed by atoms with Crippen LogP contribution < -0.4 is 14.5 Å². The molecular weight excluding hydrogens is 642 g/mol. The molecule has 6 rings (SSSR count). The molecule has 0 N–H and O–H groups in total. The summed E-state index contributed by atoms with van der Waals surface area (Å²) in [6, 6.07) is 14.4. The van der Waals surface area contributed by atoms with Gasteiger partial charge in [0.25, 0.3) is 0 Å². The van der Waals surface area contributed by atoms with Crippen molar-refractivity contribution < 1.29 is 19.1 Å². The summed E-state index contributed by atoms with van der Waals surface area (Å²) >= 11 is 6.73. The lowest BCUT2D eigenvalue weighted by molar-refractivity contribution is -0.128. The number of carbonyl (C=O) groups is 2. The molecule has 1 atom stereocenters. The molecule has 1 saturated carbocycles. The standard InChI is InChI=1S/C37H44ClN7O4/c1-6-31(46)45-20-19-44(21-26(45)13-17-39)33-27-14-18-43(30-12-8-10-25-9-7-11-28(38)32(25)30)22-29(27)40-34(41-33)48-24-37(15-16-37)23-42(5)35(47)49-36(2,3)4/h6-12,26H,1,13-16,18-24H2,2-5H3. The first-order valence-corrected chi connectivity index (χ1v) is 17.2. The molecule has 3 aromatic rings. The number of piperazine rings is 1. The predicted octanol–water partition coefficient (Wildman–Crippen LogP) is 5.99. The van der Waals surface area contributed by atoms with Crippen LogP contribution in [0.2, 0.25) is 5.02 Å². The van der Waals surface area contributed by atoms with E-state index in [1.165, 1.54) is 6.08 Å². The van der Waals surface area contributed by atoms with E-state index >= 15 is 0 Å². The molecule has 2 amide bonds. The number of amides is 2. The second-order valence-electron chi connectivity index (χ2n) is 14.4. The molecule has 0 bridgehead atoms. The second kappa shape index (κ2) is 13.7. The Kier molecular flexibility index (Phi) is 9.63. The quantitative estimate of drug-likeness (QED) is 0.251. The minimum atomic E-state index is -0.576. The van der Waals surface area contributed by atoms with Gasteiger partial charge in [0.05, 0.1) is 42.4 Å². The zero-order valence-corrected chi connectivity index (χ0v) is 29.5. The van der Waals surface area contributed by atoms with Crippen molar-refractivity contribution >= 4 is 45.9 Å². The van der Waals surface area contributed by atoms with Crippen molar-refractivity contribution in [1.82, 2.24) is 19.8 Å². The first-order chi connectivity index (χ1) is 23.4. The molecule has 3 aliphatic rings. The highest BCUT2D eigenvalue weighted by Gasteiger charge is 2.46. The molecule has 11 nitrogen and oxygen atoms in total.